The van der Waals surface area contributed by atoms with E-state index in [4.69, 9.17) is 4.74 Å². The first-order valence-corrected chi connectivity index (χ1v) is 7.27. The van der Waals surface area contributed by atoms with Crippen LogP contribution in [0.5, 0.6) is 0 Å². The summed E-state index contributed by atoms with van der Waals surface area (Å²) in [6.45, 7) is 4.01. The normalized spacial score (nSPS) is 23.2. The Morgan fingerprint density at radius 3 is 2.94 bits per heavy atom. The minimum atomic E-state index is 0.125. The number of carbonyl (C=O) groups is 1. The Bertz CT molecular complexity index is 234. The zero-order chi connectivity index (χ0) is 13.2. The van der Waals surface area contributed by atoms with Crippen LogP contribution >= 0.6 is 0 Å². The van der Waals surface area contributed by atoms with Crippen molar-refractivity contribution >= 4 is 5.91 Å². The van der Waals surface area contributed by atoms with Crippen LogP contribution in [0.25, 0.3) is 0 Å². The van der Waals surface area contributed by atoms with Crippen molar-refractivity contribution in [2.45, 2.75) is 51.5 Å². The highest BCUT2D eigenvalue weighted by atomic mass is 16.5. The highest BCUT2D eigenvalue weighted by Gasteiger charge is 2.27. The van der Waals surface area contributed by atoms with E-state index >= 15 is 0 Å². The number of unbranched alkanes of at least 4 members (excludes halogenated alkanes) is 1. The third kappa shape index (κ3) is 5.83. The van der Waals surface area contributed by atoms with E-state index in [-0.39, 0.29) is 5.91 Å². The maximum atomic E-state index is 11.8. The first-order chi connectivity index (χ1) is 8.77. The van der Waals surface area contributed by atoms with Crippen LogP contribution in [-0.4, -0.2) is 38.8 Å². The van der Waals surface area contributed by atoms with Crippen molar-refractivity contribution in [1.82, 2.24) is 10.6 Å². The zero-order valence-corrected chi connectivity index (χ0v) is 11.8. The van der Waals surface area contributed by atoms with Crippen LogP contribution in [0.1, 0.15) is 45.4 Å². The lowest BCUT2D eigenvalue weighted by atomic mass is 9.97. The molecule has 2 unspecified atom stereocenters. The summed E-state index contributed by atoms with van der Waals surface area (Å²) < 4.78 is 4.92. The molecular weight excluding hydrogens is 228 g/mol. The molecule has 4 nitrogen and oxygen atoms in total. The molecule has 0 saturated heterocycles. The number of nitrogens with one attached hydrogen (secondary N) is 2. The highest BCUT2D eigenvalue weighted by Crippen LogP contribution is 2.29. The highest BCUT2D eigenvalue weighted by molar-refractivity contribution is 5.78. The van der Waals surface area contributed by atoms with Gasteiger partial charge in [-0.1, -0.05) is 26.2 Å². The fraction of sp³-hybridized carbons (Fsp3) is 0.929. The lowest BCUT2D eigenvalue weighted by molar-refractivity contribution is -0.121. The molecule has 2 N–H and O–H groups in total. The summed E-state index contributed by atoms with van der Waals surface area (Å²) in [6, 6.07) is 0.410. The van der Waals surface area contributed by atoms with Crippen molar-refractivity contribution in [2.24, 2.45) is 5.92 Å². The fourth-order valence-electron chi connectivity index (χ4n) is 2.67. The quantitative estimate of drug-likeness (QED) is 0.617. The molecule has 0 aromatic heterocycles. The first-order valence-electron chi connectivity index (χ1n) is 7.27. The molecule has 1 amide bonds. The third-order valence-corrected chi connectivity index (χ3v) is 3.70. The van der Waals surface area contributed by atoms with Gasteiger partial charge in [0, 0.05) is 19.7 Å². The van der Waals surface area contributed by atoms with Gasteiger partial charge in [-0.3, -0.25) is 4.79 Å². The number of rotatable bonds is 9. The number of hydrogen-bond donors (Lipinski definition) is 2. The molecule has 18 heavy (non-hydrogen) atoms. The van der Waals surface area contributed by atoms with Crippen molar-refractivity contribution in [3.8, 4) is 0 Å². The number of ether oxygens (including phenoxy) is 1. The summed E-state index contributed by atoms with van der Waals surface area (Å²) in [5.74, 6) is 0.826. The van der Waals surface area contributed by atoms with Crippen LogP contribution < -0.4 is 10.6 Å². The number of amides is 1. The Kier molecular flexibility index (Phi) is 8.01. The molecule has 4 heteroatoms. The van der Waals surface area contributed by atoms with Gasteiger partial charge in [-0.05, 0) is 25.2 Å². The molecule has 0 aromatic rings. The van der Waals surface area contributed by atoms with Crippen molar-refractivity contribution in [1.29, 1.82) is 0 Å². The summed E-state index contributed by atoms with van der Waals surface area (Å²) in [7, 11) is 1.67. The summed E-state index contributed by atoms with van der Waals surface area (Å²) in [5, 5.41) is 6.25. The molecule has 2 atom stereocenters. The van der Waals surface area contributed by atoms with E-state index in [9.17, 15) is 4.79 Å². The molecule has 0 bridgehead atoms. The van der Waals surface area contributed by atoms with Gasteiger partial charge in [0.1, 0.15) is 0 Å². The summed E-state index contributed by atoms with van der Waals surface area (Å²) >= 11 is 0. The topological polar surface area (TPSA) is 50.4 Å². The molecular formula is C14H28N2O2. The molecule has 0 aromatic carbocycles. The summed E-state index contributed by atoms with van der Waals surface area (Å²) in [5.41, 5.74) is 0. The van der Waals surface area contributed by atoms with Gasteiger partial charge in [-0.25, -0.2) is 0 Å². The van der Waals surface area contributed by atoms with Crippen LogP contribution in [0.2, 0.25) is 0 Å². The third-order valence-electron chi connectivity index (χ3n) is 3.70. The predicted octanol–water partition coefficient (Wildman–Crippen LogP) is 1.70. The lowest BCUT2D eigenvalue weighted by Crippen LogP contribution is -2.42. The summed E-state index contributed by atoms with van der Waals surface area (Å²) in [6.07, 6.45) is 7.48. The average molecular weight is 256 g/mol. The van der Waals surface area contributed by atoms with E-state index in [1.54, 1.807) is 7.11 Å². The van der Waals surface area contributed by atoms with E-state index in [0.717, 1.165) is 13.0 Å². The van der Waals surface area contributed by atoms with Crippen LogP contribution in [0.3, 0.4) is 0 Å². The Morgan fingerprint density at radius 1 is 1.39 bits per heavy atom. The van der Waals surface area contributed by atoms with Crippen LogP contribution in [0.15, 0.2) is 0 Å². The molecule has 1 aliphatic carbocycles. The molecule has 1 saturated carbocycles. The van der Waals surface area contributed by atoms with Gasteiger partial charge in [-0.15, -0.1) is 0 Å². The molecule has 0 aliphatic heterocycles. The van der Waals surface area contributed by atoms with Gasteiger partial charge < -0.3 is 15.4 Å². The van der Waals surface area contributed by atoms with E-state index in [0.29, 0.717) is 25.1 Å². The molecule has 0 spiro atoms. The van der Waals surface area contributed by atoms with Gasteiger partial charge in [0.25, 0.3) is 0 Å². The Hall–Kier alpha value is -0.610. The smallest absolute Gasteiger partial charge is 0.234 e. The van der Waals surface area contributed by atoms with Crippen molar-refractivity contribution < 1.29 is 9.53 Å². The number of methoxy groups -OCH3 is 1. The lowest BCUT2D eigenvalue weighted by Gasteiger charge is -2.21. The number of carbonyl (C=O) groups excluding carboxylic acids is 1. The maximum Gasteiger partial charge on any atom is 0.234 e. The minimum Gasteiger partial charge on any atom is -0.383 e. The van der Waals surface area contributed by atoms with E-state index < -0.39 is 0 Å². The second-order valence-corrected chi connectivity index (χ2v) is 5.18. The van der Waals surface area contributed by atoms with Crippen LogP contribution in [0, 0.1) is 5.92 Å². The Balaban J connectivity index is 2.17. The molecule has 1 aliphatic rings. The minimum absolute atomic E-state index is 0.125. The SMILES string of the molecule is CCCCC1CCCC1NC(=O)CNCCOC. The Labute approximate surface area is 111 Å². The molecule has 1 fully saturated rings. The van der Waals surface area contributed by atoms with Crippen molar-refractivity contribution in [3.05, 3.63) is 0 Å². The van der Waals surface area contributed by atoms with E-state index in [1.165, 1.54) is 32.1 Å². The fourth-order valence-corrected chi connectivity index (χ4v) is 2.67. The van der Waals surface area contributed by atoms with Crippen LogP contribution in [0.4, 0.5) is 0 Å². The van der Waals surface area contributed by atoms with Crippen LogP contribution in [-0.2, 0) is 9.53 Å². The van der Waals surface area contributed by atoms with E-state index in [1.807, 2.05) is 0 Å². The predicted molar refractivity (Wildman–Crippen MR) is 73.5 cm³/mol. The number of hydrogen-bond acceptors (Lipinski definition) is 3. The second-order valence-electron chi connectivity index (χ2n) is 5.18. The Morgan fingerprint density at radius 2 is 2.22 bits per heavy atom. The standard InChI is InChI=1S/C14H28N2O2/c1-3-4-6-12-7-5-8-13(12)16-14(17)11-15-9-10-18-2/h12-13,15H,3-11H2,1-2H3,(H,16,17). The largest absolute Gasteiger partial charge is 0.383 e. The molecule has 106 valence electrons. The van der Waals surface area contributed by atoms with Gasteiger partial charge in [-0.2, -0.15) is 0 Å². The summed E-state index contributed by atoms with van der Waals surface area (Å²) in [4.78, 5) is 11.8. The van der Waals surface area contributed by atoms with Crippen molar-refractivity contribution in [2.75, 3.05) is 26.8 Å². The monoisotopic (exact) mass is 256 g/mol. The van der Waals surface area contributed by atoms with Gasteiger partial charge in [0.05, 0.1) is 13.2 Å². The van der Waals surface area contributed by atoms with Gasteiger partial charge in [0.2, 0.25) is 5.91 Å². The van der Waals surface area contributed by atoms with Gasteiger partial charge in [0.15, 0.2) is 0 Å². The zero-order valence-electron chi connectivity index (χ0n) is 11.8. The van der Waals surface area contributed by atoms with Crippen molar-refractivity contribution in [3.63, 3.8) is 0 Å². The molecule has 0 radical (unpaired) electrons. The van der Waals surface area contributed by atoms with Gasteiger partial charge >= 0.3 is 0 Å². The molecule has 0 heterocycles. The van der Waals surface area contributed by atoms with E-state index in [2.05, 4.69) is 17.6 Å². The second kappa shape index (κ2) is 9.34. The molecule has 1 rings (SSSR count). The maximum absolute atomic E-state index is 11.8. The average Bonchev–Trinajstić information content (AvgIpc) is 2.79. The first kappa shape index (κ1) is 15.4.